The van der Waals surface area contributed by atoms with Gasteiger partial charge in [0, 0.05) is 5.33 Å². The first-order valence-corrected chi connectivity index (χ1v) is 3.15. The van der Waals surface area contributed by atoms with Crippen LogP contribution >= 0.6 is 31.9 Å². The van der Waals surface area contributed by atoms with E-state index in [-0.39, 0.29) is 0 Å². The Morgan fingerprint density at radius 3 is 2.00 bits per heavy atom. The summed E-state index contributed by atoms with van der Waals surface area (Å²) in [5, 5.41) is -0.519. The van der Waals surface area contributed by atoms with Crippen molar-refractivity contribution < 1.29 is 4.39 Å². The van der Waals surface area contributed by atoms with Gasteiger partial charge in [-0.25, -0.2) is 4.39 Å². The van der Waals surface area contributed by atoms with Gasteiger partial charge in [-0.3, -0.25) is 0 Å². The van der Waals surface area contributed by atoms with Crippen LogP contribution in [-0.2, 0) is 0 Å². The lowest BCUT2D eigenvalue weighted by molar-refractivity contribution is 0.500. The zero-order chi connectivity index (χ0) is 4.28. The average Bonchev–Trinajstić information content (AvgIpc) is 1.38. The minimum atomic E-state index is -0.887. The highest BCUT2D eigenvalue weighted by Crippen LogP contribution is 2.02. The van der Waals surface area contributed by atoms with E-state index in [0.717, 1.165) is 0 Å². The van der Waals surface area contributed by atoms with E-state index in [4.69, 9.17) is 0 Å². The van der Waals surface area contributed by atoms with E-state index in [2.05, 4.69) is 31.9 Å². The maximum atomic E-state index is 11.3. The molecule has 5 heavy (non-hydrogen) atoms. The highest BCUT2D eigenvalue weighted by atomic mass is 79.9. The molecular weight excluding hydrogens is 203 g/mol. The summed E-state index contributed by atoms with van der Waals surface area (Å²) in [5.74, 6) is 0. The molecule has 0 amide bonds. The Kier molecular flexibility index (Phi) is 3.65. The van der Waals surface area contributed by atoms with E-state index in [0.29, 0.717) is 5.33 Å². The van der Waals surface area contributed by atoms with Gasteiger partial charge in [-0.15, -0.1) is 0 Å². The van der Waals surface area contributed by atoms with Gasteiger partial charge in [0.2, 0.25) is 0 Å². The average molecular weight is 206 g/mol. The summed E-state index contributed by atoms with van der Waals surface area (Å²) in [5.41, 5.74) is 0. The summed E-state index contributed by atoms with van der Waals surface area (Å²) in [4.78, 5) is 0. The van der Waals surface area contributed by atoms with Gasteiger partial charge in [-0.2, -0.15) is 0 Å². The van der Waals surface area contributed by atoms with Crippen molar-refractivity contribution in [3.8, 4) is 0 Å². The summed E-state index contributed by atoms with van der Waals surface area (Å²) in [6, 6.07) is 0. The van der Waals surface area contributed by atoms with Crippen LogP contribution in [0.2, 0.25) is 0 Å². The Morgan fingerprint density at radius 1 is 1.80 bits per heavy atom. The van der Waals surface area contributed by atoms with Crippen molar-refractivity contribution in [1.29, 1.82) is 0 Å². The van der Waals surface area contributed by atoms with Gasteiger partial charge < -0.3 is 0 Å². The Hall–Kier alpha value is 0.890. The molecule has 0 aliphatic heterocycles. The van der Waals surface area contributed by atoms with E-state index in [9.17, 15) is 4.39 Å². The molecule has 0 fully saturated rings. The Labute approximate surface area is 47.0 Å². The van der Waals surface area contributed by atoms with Crippen LogP contribution in [0, 0.1) is 0 Å². The minimum absolute atomic E-state index is 0.368. The molecule has 0 spiro atoms. The second-order valence-corrected chi connectivity index (χ2v) is 2.19. The lowest BCUT2D eigenvalue weighted by atomic mass is 10.9. The highest BCUT2D eigenvalue weighted by molar-refractivity contribution is 9.12. The van der Waals surface area contributed by atoms with E-state index in [1.807, 2.05) is 0 Å². The number of hydrogen-bond acceptors (Lipinski definition) is 0. The van der Waals surface area contributed by atoms with Crippen molar-refractivity contribution in [2.75, 3.05) is 5.33 Å². The van der Waals surface area contributed by atoms with Crippen LogP contribution in [0.4, 0.5) is 4.39 Å². The molecule has 0 radical (unpaired) electrons. The second-order valence-electron chi connectivity index (χ2n) is 0.545. The number of alkyl halides is 3. The summed E-state index contributed by atoms with van der Waals surface area (Å²) in [7, 11) is 0. The molecule has 0 N–H and O–H groups in total. The third-order valence-electron chi connectivity index (χ3n) is 0.117. The van der Waals surface area contributed by atoms with E-state index < -0.39 is 5.08 Å². The lowest BCUT2D eigenvalue weighted by Crippen LogP contribution is -1.83. The first-order chi connectivity index (χ1) is 2.27. The van der Waals surface area contributed by atoms with E-state index >= 15 is 0 Å². The van der Waals surface area contributed by atoms with Gasteiger partial charge in [-0.1, -0.05) is 31.9 Å². The van der Waals surface area contributed by atoms with Crippen molar-refractivity contribution in [2.24, 2.45) is 0 Å². The summed E-state index contributed by atoms with van der Waals surface area (Å²) < 4.78 is 11.3. The smallest absolute Gasteiger partial charge is 0.164 e. The van der Waals surface area contributed by atoms with Crippen LogP contribution in [0.1, 0.15) is 0 Å². The molecule has 0 aliphatic rings. The van der Waals surface area contributed by atoms with Crippen molar-refractivity contribution in [2.45, 2.75) is 5.08 Å². The van der Waals surface area contributed by atoms with Crippen molar-refractivity contribution in [3.05, 3.63) is 0 Å². The van der Waals surface area contributed by atoms with Gasteiger partial charge in [0.1, 0.15) is 0 Å². The van der Waals surface area contributed by atoms with Gasteiger partial charge in [0.05, 0.1) is 0 Å². The SMILES string of the molecule is FC(Br)CBr. The number of rotatable bonds is 1. The fraction of sp³-hybridized carbons (Fsp3) is 1.00. The molecule has 0 saturated heterocycles. The summed E-state index contributed by atoms with van der Waals surface area (Å²) >= 11 is 5.55. The topological polar surface area (TPSA) is 0 Å². The molecular formula is C2H3Br2F. The molecule has 0 aromatic rings. The van der Waals surface area contributed by atoms with E-state index in [1.165, 1.54) is 0 Å². The standard InChI is InChI=1S/C2H3Br2F/c3-1-2(4)5/h2H,1H2. The van der Waals surface area contributed by atoms with Crippen LogP contribution in [0.15, 0.2) is 0 Å². The molecule has 3 heteroatoms. The van der Waals surface area contributed by atoms with Crippen LogP contribution in [-0.4, -0.2) is 10.4 Å². The monoisotopic (exact) mass is 204 g/mol. The molecule has 0 saturated carbocycles. The molecule has 0 aromatic carbocycles. The zero-order valence-corrected chi connectivity index (χ0v) is 5.59. The van der Waals surface area contributed by atoms with Crippen LogP contribution in [0.3, 0.4) is 0 Å². The predicted molar refractivity (Wildman–Crippen MR) is 27.6 cm³/mol. The zero-order valence-electron chi connectivity index (χ0n) is 2.42. The molecule has 0 aromatic heterocycles. The summed E-state index contributed by atoms with van der Waals surface area (Å²) in [6.07, 6.45) is 0. The molecule has 1 unspecified atom stereocenters. The molecule has 32 valence electrons. The quantitative estimate of drug-likeness (QED) is 0.576. The Morgan fingerprint density at radius 2 is 2.00 bits per heavy atom. The predicted octanol–water partition coefficient (Wildman–Crippen LogP) is 2.07. The number of hydrogen-bond donors (Lipinski definition) is 0. The molecule has 0 bridgehead atoms. The largest absolute Gasteiger partial charge is 0.234 e. The third kappa shape index (κ3) is 4.89. The fourth-order valence-electron chi connectivity index (χ4n) is 0. The molecule has 0 nitrogen and oxygen atoms in total. The van der Waals surface area contributed by atoms with Crippen molar-refractivity contribution in [3.63, 3.8) is 0 Å². The molecule has 1 atom stereocenters. The van der Waals surface area contributed by atoms with E-state index in [1.54, 1.807) is 0 Å². The lowest BCUT2D eigenvalue weighted by Gasteiger charge is -1.81. The molecule has 0 heterocycles. The first kappa shape index (κ1) is 5.89. The molecule has 0 aliphatic carbocycles. The fourth-order valence-corrected chi connectivity index (χ4v) is 0. The van der Waals surface area contributed by atoms with Crippen LogP contribution < -0.4 is 0 Å². The molecule has 0 rings (SSSR count). The van der Waals surface area contributed by atoms with Gasteiger partial charge in [0.15, 0.2) is 5.08 Å². The van der Waals surface area contributed by atoms with Crippen molar-refractivity contribution >= 4 is 31.9 Å². The Balaban J connectivity index is 2.54. The maximum Gasteiger partial charge on any atom is 0.164 e. The summed E-state index contributed by atoms with van der Waals surface area (Å²) in [6.45, 7) is 0. The minimum Gasteiger partial charge on any atom is -0.234 e. The Bertz CT molecular complexity index is 21.6. The maximum absolute atomic E-state index is 11.3. The highest BCUT2D eigenvalue weighted by Gasteiger charge is 1.89. The van der Waals surface area contributed by atoms with Gasteiger partial charge in [0.25, 0.3) is 0 Å². The van der Waals surface area contributed by atoms with Crippen LogP contribution in [0.5, 0.6) is 0 Å². The first-order valence-electron chi connectivity index (χ1n) is 1.11. The van der Waals surface area contributed by atoms with Gasteiger partial charge in [-0.05, 0) is 0 Å². The van der Waals surface area contributed by atoms with Gasteiger partial charge >= 0.3 is 0 Å². The number of halogens is 3. The third-order valence-corrected chi connectivity index (χ3v) is 1.88. The normalized spacial score (nSPS) is 15.0. The van der Waals surface area contributed by atoms with Crippen LogP contribution in [0.25, 0.3) is 0 Å². The van der Waals surface area contributed by atoms with Crippen molar-refractivity contribution in [1.82, 2.24) is 0 Å². The second kappa shape index (κ2) is 3.09.